The molecular formula is C26H25N3O5S. The van der Waals surface area contributed by atoms with Gasteiger partial charge in [-0.1, -0.05) is 48.5 Å². The third kappa shape index (κ3) is 4.39. The molecule has 2 aliphatic rings. The number of amides is 2. The van der Waals surface area contributed by atoms with Crippen molar-refractivity contribution in [2.24, 2.45) is 0 Å². The Kier molecular flexibility index (Phi) is 6.02. The number of ether oxygens (including phenoxy) is 1. The monoisotopic (exact) mass is 491 g/mol. The Morgan fingerprint density at radius 2 is 1.74 bits per heavy atom. The van der Waals surface area contributed by atoms with Crippen LogP contribution in [0.4, 0.5) is 4.79 Å². The van der Waals surface area contributed by atoms with E-state index in [0.29, 0.717) is 23.5 Å². The van der Waals surface area contributed by atoms with Crippen LogP contribution in [0.3, 0.4) is 0 Å². The van der Waals surface area contributed by atoms with E-state index in [1.54, 1.807) is 5.38 Å². The molecule has 9 heteroatoms. The van der Waals surface area contributed by atoms with Crippen molar-refractivity contribution in [3.8, 4) is 11.1 Å². The van der Waals surface area contributed by atoms with Gasteiger partial charge in [0.15, 0.2) is 0 Å². The topological polar surface area (TPSA) is 109 Å². The van der Waals surface area contributed by atoms with Crippen molar-refractivity contribution in [2.75, 3.05) is 13.7 Å². The molecule has 2 aliphatic carbocycles. The molecule has 0 saturated heterocycles. The van der Waals surface area contributed by atoms with Gasteiger partial charge < -0.3 is 20.1 Å². The molecule has 0 bridgehead atoms. The number of aromatic nitrogens is 1. The van der Waals surface area contributed by atoms with Crippen LogP contribution in [0.25, 0.3) is 11.1 Å². The minimum atomic E-state index is -1.07. The van der Waals surface area contributed by atoms with Crippen molar-refractivity contribution in [2.45, 2.75) is 37.3 Å². The first kappa shape index (κ1) is 23.0. The van der Waals surface area contributed by atoms with Crippen LogP contribution in [-0.2, 0) is 27.3 Å². The lowest BCUT2D eigenvalue weighted by atomic mass is 9.98. The standard InChI is InChI=1S/C26H25N3O5S/c1-29(26(10-11-26)24(31)32)23(30)12-16-15-35-22(28-16)13-27-25(33)34-14-21-19-8-4-2-6-17(19)18-7-3-5-9-20(18)21/h2-9,15,21H,10-14H2,1H3,(H,27,33)(H,31,32). The second-order valence-electron chi connectivity index (χ2n) is 8.88. The number of hydrogen-bond acceptors (Lipinski definition) is 6. The summed E-state index contributed by atoms with van der Waals surface area (Å²) in [6, 6.07) is 16.3. The number of fused-ring (bicyclic) bond motifs is 3. The van der Waals surface area contributed by atoms with Crippen molar-refractivity contribution >= 4 is 29.3 Å². The van der Waals surface area contributed by atoms with Gasteiger partial charge in [-0.3, -0.25) is 4.79 Å². The summed E-state index contributed by atoms with van der Waals surface area (Å²) in [7, 11) is 1.52. The summed E-state index contributed by atoms with van der Waals surface area (Å²) < 4.78 is 5.54. The van der Waals surface area contributed by atoms with Gasteiger partial charge in [0.25, 0.3) is 0 Å². The summed E-state index contributed by atoms with van der Waals surface area (Å²) in [5, 5.41) is 14.5. The molecule has 0 radical (unpaired) electrons. The van der Waals surface area contributed by atoms with Crippen molar-refractivity contribution in [1.82, 2.24) is 15.2 Å². The summed E-state index contributed by atoms with van der Waals surface area (Å²) >= 11 is 1.33. The molecule has 2 aromatic carbocycles. The van der Waals surface area contributed by atoms with Gasteiger partial charge in [0.2, 0.25) is 5.91 Å². The molecule has 35 heavy (non-hydrogen) atoms. The zero-order chi connectivity index (χ0) is 24.6. The molecule has 1 fully saturated rings. The van der Waals surface area contributed by atoms with Gasteiger partial charge in [0.05, 0.1) is 18.7 Å². The molecule has 2 amide bonds. The van der Waals surface area contributed by atoms with Crippen LogP contribution >= 0.6 is 11.3 Å². The average molecular weight is 492 g/mol. The van der Waals surface area contributed by atoms with E-state index in [4.69, 9.17) is 4.74 Å². The Hall–Kier alpha value is -3.72. The zero-order valence-electron chi connectivity index (χ0n) is 19.2. The minimum Gasteiger partial charge on any atom is -0.479 e. The predicted molar refractivity (Wildman–Crippen MR) is 130 cm³/mol. The first-order valence-corrected chi connectivity index (χ1v) is 12.3. The van der Waals surface area contributed by atoms with Crippen LogP contribution in [0.1, 0.15) is 40.6 Å². The van der Waals surface area contributed by atoms with Crippen LogP contribution in [0.15, 0.2) is 53.9 Å². The van der Waals surface area contributed by atoms with Crippen LogP contribution in [-0.4, -0.2) is 52.2 Å². The summed E-state index contributed by atoms with van der Waals surface area (Å²) in [4.78, 5) is 42.0. The van der Waals surface area contributed by atoms with E-state index in [1.807, 2.05) is 24.3 Å². The highest BCUT2D eigenvalue weighted by Crippen LogP contribution is 2.44. The van der Waals surface area contributed by atoms with E-state index in [0.717, 1.165) is 11.1 Å². The predicted octanol–water partition coefficient (Wildman–Crippen LogP) is 3.80. The summed E-state index contributed by atoms with van der Waals surface area (Å²) in [6.45, 7) is 0.416. The fourth-order valence-corrected chi connectivity index (χ4v) is 5.37. The van der Waals surface area contributed by atoms with E-state index in [2.05, 4.69) is 34.6 Å². The Labute approximate surface area is 206 Å². The van der Waals surface area contributed by atoms with Crippen LogP contribution in [0, 0.1) is 0 Å². The van der Waals surface area contributed by atoms with Gasteiger partial charge in [-0.2, -0.15) is 0 Å². The third-order valence-electron chi connectivity index (χ3n) is 6.80. The van der Waals surface area contributed by atoms with Gasteiger partial charge >= 0.3 is 12.1 Å². The van der Waals surface area contributed by atoms with Crippen molar-refractivity contribution in [3.63, 3.8) is 0 Å². The lowest BCUT2D eigenvalue weighted by Crippen LogP contribution is -2.45. The van der Waals surface area contributed by atoms with E-state index >= 15 is 0 Å². The van der Waals surface area contributed by atoms with E-state index < -0.39 is 17.6 Å². The number of likely N-dealkylation sites (N-methyl/N-ethyl adjacent to an activating group) is 1. The maximum Gasteiger partial charge on any atom is 0.407 e. The number of carbonyl (C=O) groups excluding carboxylic acids is 2. The number of carboxylic acids is 1. The number of thiazole rings is 1. The third-order valence-corrected chi connectivity index (χ3v) is 7.69. The number of nitrogens with one attached hydrogen (secondary N) is 1. The molecule has 180 valence electrons. The number of alkyl carbamates (subject to hydrolysis) is 1. The fraction of sp³-hybridized carbons (Fsp3) is 0.308. The summed E-state index contributed by atoms with van der Waals surface area (Å²) in [6.07, 6.45) is 0.428. The smallest absolute Gasteiger partial charge is 0.407 e. The number of rotatable bonds is 8. The van der Waals surface area contributed by atoms with Gasteiger partial charge in [0.1, 0.15) is 17.2 Å². The Bertz CT molecular complexity index is 1250. The highest BCUT2D eigenvalue weighted by molar-refractivity contribution is 7.09. The number of hydrogen-bond donors (Lipinski definition) is 2. The van der Waals surface area contributed by atoms with Gasteiger partial charge in [0, 0.05) is 18.3 Å². The summed E-state index contributed by atoms with van der Waals surface area (Å²) in [5.74, 6) is -1.27. The number of carbonyl (C=O) groups is 3. The number of carboxylic acid groups (broad SMARTS) is 1. The first-order valence-electron chi connectivity index (χ1n) is 11.4. The SMILES string of the molecule is CN(C(=O)Cc1csc(CNC(=O)OCC2c3ccccc3-c3ccccc32)n1)C1(C(=O)O)CC1. The van der Waals surface area contributed by atoms with Crippen molar-refractivity contribution in [1.29, 1.82) is 0 Å². The molecule has 2 N–H and O–H groups in total. The summed E-state index contributed by atoms with van der Waals surface area (Å²) in [5.41, 5.74) is 4.12. The largest absolute Gasteiger partial charge is 0.479 e. The minimum absolute atomic E-state index is 0.0109. The van der Waals surface area contributed by atoms with Gasteiger partial charge in [-0.15, -0.1) is 11.3 Å². The fourth-order valence-electron chi connectivity index (χ4n) is 4.63. The van der Waals surface area contributed by atoms with Crippen molar-refractivity contribution < 1.29 is 24.2 Å². The number of benzene rings is 2. The number of nitrogens with zero attached hydrogens (tertiary/aromatic N) is 2. The molecule has 1 saturated carbocycles. The van der Waals surface area contributed by atoms with Crippen LogP contribution in [0.5, 0.6) is 0 Å². The maximum atomic E-state index is 12.5. The lowest BCUT2D eigenvalue weighted by molar-refractivity contribution is -0.150. The number of aliphatic carboxylic acids is 1. The van der Waals surface area contributed by atoms with E-state index in [-0.39, 0.29) is 31.4 Å². The Balaban J connectivity index is 1.13. The maximum absolute atomic E-state index is 12.5. The second-order valence-corrected chi connectivity index (χ2v) is 9.82. The normalized spacial score (nSPS) is 15.1. The molecule has 0 spiro atoms. The van der Waals surface area contributed by atoms with E-state index in [1.165, 1.54) is 34.4 Å². The van der Waals surface area contributed by atoms with Gasteiger partial charge in [-0.05, 0) is 35.1 Å². The van der Waals surface area contributed by atoms with Crippen LogP contribution < -0.4 is 5.32 Å². The molecule has 5 rings (SSSR count). The molecule has 1 heterocycles. The molecule has 8 nitrogen and oxygen atoms in total. The highest BCUT2D eigenvalue weighted by atomic mass is 32.1. The Morgan fingerprint density at radius 1 is 1.11 bits per heavy atom. The molecule has 3 aromatic rings. The molecule has 0 aliphatic heterocycles. The molecule has 1 aromatic heterocycles. The highest BCUT2D eigenvalue weighted by Gasteiger charge is 2.55. The zero-order valence-corrected chi connectivity index (χ0v) is 20.0. The van der Waals surface area contributed by atoms with Crippen molar-refractivity contribution in [3.05, 3.63) is 75.7 Å². The van der Waals surface area contributed by atoms with Gasteiger partial charge in [-0.25, -0.2) is 14.6 Å². The Morgan fingerprint density at radius 3 is 2.34 bits per heavy atom. The van der Waals surface area contributed by atoms with Crippen LogP contribution in [0.2, 0.25) is 0 Å². The molecular weight excluding hydrogens is 466 g/mol. The average Bonchev–Trinajstić information content (AvgIpc) is 3.47. The molecule has 0 atom stereocenters. The lowest BCUT2D eigenvalue weighted by Gasteiger charge is -2.24. The second kappa shape index (κ2) is 9.14. The molecule has 0 unspecified atom stereocenters. The quantitative estimate of drug-likeness (QED) is 0.496. The first-order chi connectivity index (χ1) is 16.9. The van der Waals surface area contributed by atoms with E-state index in [9.17, 15) is 19.5 Å².